The van der Waals surface area contributed by atoms with Crippen LogP contribution in [0.15, 0.2) is 24.3 Å². The highest BCUT2D eigenvalue weighted by atomic mass is 127. The second kappa shape index (κ2) is 8.99. The van der Waals surface area contributed by atoms with Crippen LogP contribution in [0.2, 0.25) is 0 Å². The fourth-order valence-corrected chi connectivity index (χ4v) is 4.85. The molecule has 30 heavy (non-hydrogen) atoms. The monoisotopic (exact) mass is 556 g/mol. The normalized spacial score (nSPS) is 16.4. The van der Waals surface area contributed by atoms with Gasteiger partial charge in [0.05, 0.1) is 22.7 Å². The van der Waals surface area contributed by atoms with E-state index in [9.17, 15) is 31.8 Å². The molecule has 0 aromatic heterocycles. The molecule has 2 aromatic carbocycles. The van der Waals surface area contributed by atoms with Crippen LogP contribution in [-0.2, 0) is 10.0 Å². The van der Waals surface area contributed by atoms with Gasteiger partial charge in [0.25, 0.3) is 0 Å². The van der Waals surface area contributed by atoms with E-state index in [1.54, 1.807) is 6.07 Å². The fraction of sp³-hybridized carbons (Fsp3) is 0.368. The minimum atomic E-state index is -3.61. The molecule has 1 aliphatic rings. The summed E-state index contributed by atoms with van der Waals surface area (Å²) in [5, 5.41) is 22.8. The molecule has 4 N–H and O–H groups in total. The number of aliphatic hydroxyl groups is 2. The van der Waals surface area contributed by atoms with Crippen molar-refractivity contribution in [1.29, 1.82) is 0 Å². The lowest BCUT2D eigenvalue weighted by Crippen LogP contribution is -2.37. The first-order chi connectivity index (χ1) is 14.0. The van der Waals surface area contributed by atoms with Gasteiger partial charge >= 0.3 is 0 Å². The molecule has 3 rings (SSSR count). The smallest absolute Gasteiger partial charge is 0.214 e. The number of benzene rings is 2. The molecule has 2 unspecified atom stereocenters. The molecule has 2 atom stereocenters. The van der Waals surface area contributed by atoms with Gasteiger partial charge in [0.2, 0.25) is 10.0 Å². The van der Waals surface area contributed by atoms with Crippen LogP contribution in [0, 0.1) is 27.9 Å². The van der Waals surface area contributed by atoms with Crippen LogP contribution in [0.25, 0.3) is 0 Å². The highest BCUT2D eigenvalue weighted by Crippen LogP contribution is 2.36. The van der Waals surface area contributed by atoms with Crippen LogP contribution < -0.4 is 10.0 Å². The lowest BCUT2D eigenvalue weighted by Gasteiger charge is -2.24. The second-order valence-corrected chi connectivity index (χ2v) is 10.4. The van der Waals surface area contributed by atoms with Crippen molar-refractivity contribution < 1.29 is 31.8 Å². The third-order valence-corrected chi connectivity index (χ3v) is 7.36. The van der Waals surface area contributed by atoms with Gasteiger partial charge in [-0.15, -0.1) is 0 Å². The Kier molecular flexibility index (Phi) is 6.97. The van der Waals surface area contributed by atoms with E-state index in [-0.39, 0.29) is 16.8 Å². The molecule has 164 valence electrons. The maximum absolute atomic E-state index is 14.6. The van der Waals surface area contributed by atoms with Crippen LogP contribution in [0.4, 0.5) is 24.5 Å². The van der Waals surface area contributed by atoms with Gasteiger partial charge < -0.3 is 15.5 Å². The quantitative estimate of drug-likeness (QED) is 0.375. The van der Waals surface area contributed by atoms with Crippen LogP contribution in [0.1, 0.15) is 30.1 Å². The van der Waals surface area contributed by atoms with Gasteiger partial charge in [0.1, 0.15) is 11.9 Å². The van der Waals surface area contributed by atoms with Gasteiger partial charge in [0, 0.05) is 15.7 Å². The first kappa shape index (κ1) is 23.3. The van der Waals surface area contributed by atoms with Gasteiger partial charge in [-0.05, 0) is 72.2 Å². The number of rotatable bonds is 8. The third-order valence-electron chi connectivity index (χ3n) is 4.77. The summed E-state index contributed by atoms with van der Waals surface area (Å²) in [6.45, 7) is 0.868. The fourth-order valence-electron chi connectivity index (χ4n) is 3.00. The number of halogens is 4. The van der Waals surface area contributed by atoms with E-state index in [1.807, 2.05) is 22.6 Å². The number of aliphatic hydroxyl groups excluding tert-OH is 2. The Morgan fingerprint density at radius 2 is 1.83 bits per heavy atom. The summed E-state index contributed by atoms with van der Waals surface area (Å²) < 4.78 is 69.5. The Labute approximate surface area is 185 Å². The summed E-state index contributed by atoms with van der Waals surface area (Å²) in [6.07, 6.45) is -2.38. The Balaban J connectivity index is 1.91. The third kappa shape index (κ3) is 5.07. The van der Waals surface area contributed by atoms with Gasteiger partial charge in [-0.3, -0.25) is 0 Å². The molecule has 1 aliphatic carbocycles. The van der Waals surface area contributed by atoms with E-state index in [4.69, 9.17) is 0 Å². The predicted octanol–water partition coefficient (Wildman–Crippen LogP) is 3.24. The van der Waals surface area contributed by atoms with Crippen molar-refractivity contribution >= 4 is 44.0 Å². The lowest BCUT2D eigenvalue weighted by molar-refractivity contribution is 0.0220. The molecule has 1 saturated carbocycles. The van der Waals surface area contributed by atoms with Gasteiger partial charge in [-0.1, -0.05) is 0 Å². The highest BCUT2D eigenvalue weighted by molar-refractivity contribution is 14.1. The summed E-state index contributed by atoms with van der Waals surface area (Å²) in [5.74, 6) is -3.31. The first-order valence-corrected chi connectivity index (χ1v) is 11.7. The maximum Gasteiger partial charge on any atom is 0.214 e. The van der Waals surface area contributed by atoms with Crippen molar-refractivity contribution in [2.75, 3.05) is 11.9 Å². The van der Waals surface area contributed by atoms with E-state index < -0.39 is 57.2 Å². The molecule has 0 aliphatic heterocycles. The second-order valence-electron chi connectivity index (χ2n) is 7.13. The van der Waals surface area contributed by atoms with Gasteiger partial charge in [-0.2, -0.15) is 0 Å². The van der Waals surface area contributed by atoms with Crippen molar-refractivity contribution in [3.8, 4) is 0 Å². The molecular formula is C19H20F3IN2O4S. The summed E-state index contributed by atoms with van der Waals surface area (Å²) in [5.41, 5.74) is -0.801. The topological polar surface area (TPSA) is 98.7 Å². The minimum absolute atomic E-state index is 0.0962. The number of sulfonamides is 1. The predicted molar refractivity (Wildman–Crippen MR) is 114 cm³/mol. The standard InChI is InChI=1S/C19H20F3IN2O4S/c1-9-6-13(21)17(22)18(25-14-5-2-10(23)7-12(14)20)16(9)19(27)15(26)8-24-30(28,29)11-3-4-11/h2,5-7,11,15,19,24-27H,3-4,8H2,1H3. The molecule has 0 saturated heterocycles. The van der Waals surface area contributed by atoms with Crippen molar-refractivity contribution in [3.05, 3.63) is 56.4 Å². The van der Waals surface area contributed by atoms with E-state index in [0.717, 1.165) is 6.07 Å². The SMILES string of the molecule is Cc1cc(F)c(F)c(Nc2ccc(I)cc2F)c1C(O)C(O)CNS(=O)(=O)C1CC1. The maximum atomic E-state index is 14.6. The largest absolute Gasteiger partial charge is 0.389 e. The van der Waals surface area contributed by atoms with Crippen LogP contribution in [0.3, 0.4) is 0 Å². The van der Waals surface area contributed by atoms with Crippen molar-refractivity contribution in [2.45, 2.75) is 37.2 Å². The summed E-state index contributed by atoms with van der Waals surface area (Å²) in [7, 11) is -3.61. The zero-order chi connectivity index (χ0) is 22.2. The molecule has 0 radical (unpaired) electrons. The average molecular weight is 556 g/mol. The van der Waals surface area contributed by atoms with E-state index in [2.05, 4.69) is 10.0 Å². The van der Waals surface area contributed by atoms with Crippen LogP contribution in [-0.4, -0.2) is 36.5 Å². The van der Waals surface area contributed by atoms with Crippen molar-refractivity contribution in [2.24, 2.45) is 0 Å². The Hall–Kier alpha value is -1.41. The summed E-state index contributed by atoms with van der Waals surface area (Å²) in [6, 6.07) is 4.90. The minimum Gasteiger partial charge on any atom is -0.389 e. The molecule has 6 nitrogen and oxygen atoms in total. The molecule has 0 spiro atoms. The summed E-state index contributed by atoms with van der Waals surface area (Å²) in [4.78, 5) is 0. The van der Waals surface area contributed by atoms with E-state index in [0.29, 0.717) is 16.4 Å². The average Bonchev–Trinajstić information content (AvgIpc) is 3.51. The molecule has 0 heterocycles. The molecule has 2 aromatic rings. The van der Waals surface area contributed by atoms with E-state index >= 15 is 0 Å². The number of hydrogen-bond acceptors (Lipinski definition) is 5. The molecule has 0 bridgehead atoms. The number of anilines is 2. The zero-order valence-electron chi connectivity index (χ0n) is 15.8. The zero-order valence-corrected chi connectivity index (χ0v) is 18.8. The lowest BCUT2D eigenvalue weighted by atomic mass is 9.96. The Morgan fingerprint density at radius 1 is 1.17 bits per heavy atom. The highest BCUT2D eigenvalue weighted by Gasteiger charge is 2.36. The van der Waals surface area contributed by atoms with E-state index in [1.165, 1.54) is 19.1 Å². The van der Waals surface area contributed by atoms with Gasteiger partial charge in [0.15, 0.2) is 11.6 Å². The number of aryl methyl sites for hydroxylation is 1. The van der Waals surface area contributed by atoms with Gasteiger partial charge in [-0.25, -0.2) is 26.3 Å². The van der Waals surface area contributed by atoms with Crippen LogP contribution in [0.5, 0.6) is 0 Å². The Morgan fingerprint density at radius 3 is 2.43 bits per heavy atom. The Bertz CT molecular complexity index is 1060. The molecule has 0 amide bonds. The first-order valence-electron chi connectivity index (χ1n) is 9.06. The molecule has 11 heteroatoms. The number of hydrogen-bond donors (Lipinski definition) is 4. The van der Waals surface area contributed by atoms with Crippen LogP contribution >= 0.6 is 22.6 Å². The molecular weight excluding hydrogens is 536 g/mol. The summed E-state index contributed by atoms with van der Waals surface area (Å²) >= 11 is 1.89. The number of nitrogens with one attached hydrogen (secondary N) is 2. The molecule has 1 fully saturated rings. The van der Waals surface area contributed by atoms with Crippen molar-refractivity contribution in [1.82, 2.24) is 4.72 Å². The van der Waals surface area contributed by atoms with Crippen molar-refractivity contribution in [3.63, 3.8) is 0 Å².